The van der Waals surface area contributed by atoms with Crippen LogP contribution >= 0.6 is 0 Å². The third-order valence-electron chi connectivity index (χ3n) is 3.54. The van der Waals surface area contributed by atoms with Gasteiger partial charge in [0, 0.05) is 13.6 Å². The van der Waals surface area contributed by atoms with E-state index >= 15 is 0 Å². The third-order valence-corrected chi connectivity index (χ3v) is 3.54. The first kappa shape index (κ1) is 15.7. The molecule has 0 unspecified atom stereocenters. The summed E-state index contributed by atoms with van der Waals surface area (Å²) in [5, 5.41) is 9.18. The Bertz CT molecular complexity index is 353. The summed E-state index contributed by atoms with van der Waals surface area (Å²) in [7, 11) is 5.75. The maximum atomic E-state index is 12.3. The number of rotatable bonds is 6. The molecule has 0 radical (unpaired) electrons. The minimum Gasteiger partial charge on any atom is -0.481 e. The minimum atomic E-state index is -0.871. The second kappa shape index (κ2) is 7.28. The van der Waals surface area contributed by atoms with E-state index < -0.39 is 17.8 Å². The second-order valence-corrected chi connectivity index (χ2v) is 5.41. The van der Waals surface area contributed by atoms with E-state index in [9.17, 15) is 14.7 Å². The molecule has 0 saturated carbocycles. The zero-order valence-electron chi connectivity index (χ0n) is 12.0. The van der Waals surface area contributed by atoms with E-state index in [1.165, 1.54) is 0 Å². The molecule has 1 amide bonds. The van der Waals surface area contributed by atoms with Gasteiger partial charge in [0.25, 0.3) is 0 Å². The Morgan fingerprint density at radius 1 is 1.11 bits per heavy atom. The lowest BCUT2D eigenvalue weighted by molar-refractivity contribution is -0.150. The summed E-state index contributed by atoms with van der Waals surface area (Å²) in [6, 6.07) is 0. The predicted octanol–water partition coefficient (Wildman–Crippen LogP) is 1.06. The van der Waals surface area contributed by atoms with Crippen molar-refractivity contribution in [3.8, 4) is 0 Å². The Morgan fingerprint density at radius 2 is 1.68 bits per heavy atom. The monoisotopic (exact) mass is 268 g/mol. The lowest BCUT2D eigenvalue weighted by Gasteiger charge is -2.29. The Balaban J connectivity index is 2.54. The summed E-state index contributed by atoms with van der Waals surface area (Å²) >= 11 is 0. The van der Waals surface area contributed by atoms with Gasteiger partial charge in [-0.15, -0.1) is 0 Å². The molecule has 0 aromatic rings. The van der Waals surface area contributed by atoms with Gasteiger partial charge in [0.05, 0.1) is 11.8 Å². The number of carboxylic acid groups (broad SMARTS) is 1. The van der Waals surface area contributed by atoms with Gasteiger partial charge in [-0.1, -0.05) is 12.2 Å². The second-order valence-electron chi connectivity index (χ2n) is 5.41. The van der Waals surface area contributed by atoms with Crippen molar-refractivity contribution in [2.24, 2.45) is 11.8 Å². The van der Waals surface area contributed by atoms with Gasteiger partial charge in [-0.05, 0) is 39.9 Å². The number of carbonyl (C=O) groups is 2. The Labute approximate surface area is 114 Å². The number of amides is 1. The highest BCUT2D eigenvalue weighted by Gasteiger charge is 2.35. The van der Waals surface area contributed by atoms with E-state index in [4.69, 9.17) is 0 Å². The molecule has 108 valence electrons. The molecule has 5 heteroatoms. The van der Waals surface area contributed by atoms with E-state index in [-0.39, 0.29) is 5.91 Å². The topological polar surface area (TPSA) is 60.9 Å². The smallest absolute Gasteiger partial charge is 0.307 e. The van der Waals surface area contributed by atoms with Gasteiger partial charge in [0.2, 0.25) is 5.91 Å². The highest BCUT2D eigenvalue weighted by Crippen LogP contribution is 2.27. The molecule has 0 aromatic carbocycles. The quantitative estimate of drug-likeness (QED) is 0.732. The third kappa shape index (κ3) is 4.67. The van der Waals surface area contributed by atoms with Crippen LogP contribution in [0.1, 0.15) is 19.3 Å². The lowest BCUT2D eigenvalue weighted by atomic mass is 9.82. The molecule has 0 heterocycles. The van der Waals surface area contributed by atoms with Crippen molar-refractivity contribution in [3.63, 3.8) is 0 Å². The minimum absolute atomic E-state index is 0.0458. The van der Waals surface area contributed by atoms with E-state index in [0.717, 1.165) is 13.0 Å². The summed E-state index contributed by atoms with van der Waals surface area (Å²) in [4.78, 5) is 27.2. The van der Waals surface area contributed by atoms with E-state index in [1.54, 1.807) is 11.9 Å². The van der Waals surface area contributed by atoms with Crippen LogP contribution in [0.25, 0.3) is 0 Å². The van der Waals surface area contributed by atoms with Crippen LogP contribution in [0.5, 0.6) is 0 Å². The molecule has 19 heavy (non-hydrogen) atoms. The maximum absolute atomic E-state index is 12.3. The average molecular weight is 268 g/mol. The molecular weight excluding hydrogens is 244 g/mol. The Kier molecular flexibility index (Phi) is 6.02. The molecule has 0 fully saturated rings. The molecule has 0 saturated heterocycles. The number of hydrogen-bond acceptors (Lipinski definition) is 3. The fraction of sp³-hybridized carbons (Fsp3) is 0.714. The Hall–Kier alpha value is -1.36. The van der Waals surface area contributed by atoms with Crippen LogP contribution in [0.4, 0.5) is 0 Å². The van der Waals surface area contributed by atoms with Crippen molar-refractivity contribution in [2.75, 3.05) is 34.2 Å². The molecule has 0 aromatic heterocycles. The number of allylic oxidation sites excluding steroid dienone is 2. The average Bonchev–Trinajstić information content (AvgIpc) is 2.37. The van der Waals surface area contributed by atoms with Gasteiger partial charge >= 0.3 is 5.97 Å². The van der Waals surface area contributed by atoms with Crippen LogP contribution in [-0.2, 0) is 9.59 Å². The first-order valence-corrected chi connectivity index (χ1v) is 6.71. The van der Waals surface area contributed by atoms with Crippen molar-refractivity contribution in [3.05, 3.63) is 12.2 Å². The molecular formula is C14H24N2O3. The van der Waals surface area contributed by atoms with Crippen molar-refractivity contribution in [2.45, 2.75) is 19.3 Å². The van der Waals surface area contributed by atoms with Gasteiger partial charge in [-0.25, -0.2) is 0 Å². The van der Waals surface area contributed by atoms with Crippen molar-refractivity contribution < 1.29 is 14.7 Å². The summed E-state index contributed by atoms with van der Waals surface area (Å²) in [5.74, 6) is -1.90. The summed E-state index contributed by atoms with van der Waals surface area (Å²) in [5.41, 5.74) is 0. The van der Waals surface area contributed by atoms with Crippen LogP contribution < -0.4 is 0 Å². The normalized spacial score (nSPS) is 22.5. The number of carbonyl (C=O) groups excluding carboxylic acids is 1. The van der Waals surface area contributed by atoms with Gasteiger partial charge in [0.15, 0.2) is 0 Å². The number of aliphatic carboxylic acids is 1. The summed E-state index contributed by atoms with van der Waals surface area (Å²) < 4.78 is 0. The molecule has 5 nitrogen and oxygen atoms in total. The van der Waals surface area contributed by atoms with Crippen LogP contribution in [0.3, 0.4) is 0 Å². The van der Waals surface area contributed by atoms with Crippen LogP contribution in [0, 0.1) is 11.8 Å². The number of nitrogens with zero attached hydrogens (tertiary/aromatic N) is 2. The predicted molar refractivity (Wildman–Crippen MR) is 73.8 cm³/mol. The van der Waals surface area contributed by atoms with E-state index in [1.807, 2.05) is 26.2 Å². The number of carboxylic acids is 1. The van der Waals surface area contributed by atoms with Crippen molar-refractivity contribution in [1.82, 2.24) is 9.80 Å². The first-order chi connectivity index (χ1) is 8.93. The standard InChI is InChI=1S/C14H24N2O3/c1-15(2)9-6-10-16(3)13(17)11-7-4-5-8-12(11)14(18)19/h4-5,11-12H,6-10H2,1-3H3,(H,18,19)/t11-,12+/m1/s1. The molecule has 0 bridgehead atoms. The molecule has 1 rings (SSSR count). The molecule has 1 aliphatic carbocycles. The van der Waals surface area contributed by atoms with Crippen LogP contribution in [0.2, 0.25) is 0 Å². The molecule has 0 aliphatic heterocycles. The lowest BCUT2D eigenvalue weighted by Crippen LogP contribution is -2.40. The zero-order chi connectivity index (χ0) is 14.4. The van der Waals surface area contributed by atoms with E-state index in [0.29, 0.717) is 19.4 Å². The van der Waals surface area contributed by atoms with Gasteiger partial charge in [-0.2, -0.15) is 0 Å². The molecule has 0 spiro atoms. The highest BCUT2D eigenvalue weighted by molar-refractivity contribution is 5.85. The van der Waals surface area contributed by atoms with Gasteiger partial charge in [-0.3, -0.25) is 9.59 Å². The maximum Gasteiger partial charge on any atom is 0.307 e. The number of hydrogen-bond donors (Lipinski definition) is 1. The van der Waals surface area contributed by atoms with Gasteiger partial charge in [0.1, 0.15) is 0 Å². The summed E-state index contributed by atoms with van der Waals surface area (Å²) in [6.45, 7) is 1.59. The fourth-order valence-corrected chi connectivity index (χ4v) is 2.38. The fourth-order valence-electron chi connectivity index (χ4n) is 2.38. The van der Waals surface area contributed by atoms with Crippen LogP contribution in [0.15, 0.2) is 12.2 Å². The van der Waals surface area contributed by atoms with E-state index in [2.05, 4.69) is 4.90 Å². The Morgan fingerprint density at radius 3 is 2.21 bits per heavy atom. The molecule has 1 N–H and O–H groups in total. The van der Waals surface area contributed by atoms with Crippen molar-refractivity contribution in [1.29, 1.82) is 0 Å². The SMILES string of the molecule is CN(C)CCCN(C)C(=O)[C@@H]1CC=CC[C@@H]1C(=O)O. The summed E-state index contributed by atoms with van der Waals surface area (Å²) in [6.07, 6.45) is 5.66. The van der Waals surface area contributed by atoms with Crippen molar-refractivity contribution >= 4 is 11.9 Å². The first-order valence-electron chi connectivity index (χ1n) is 6.71. The molecule has 1 aliphatic rings. The van der Waals surface area contributed by atoms with Gasteiger partial charge < -0.3 is 14.9 Å². The van der Waals surface area contributed by atoms with Crippen LogP contribution in [-0.4, -0.2) is 61.0 Å². The molecule has 2 atom stereocenters. The highest BCUT2D eigenvalue weighted by atomic mass is 16.4. The largest absolute Gasteiger partial charge is 0.481 e. The zero-order valence-corrected chi connectivity index (χ0v) is 12.0.